The van der Waals surface area contributed by atoms with Crippen LogP contribution >= 0.6 is 11.8 Å². The van der Waals surface area contributed by atoms with E-state index in [0.717, 1.165) is 18.6 Å². The minimum Gasteiger partial charge on any atom is -0.481 e. The zero-order chi connectivity index (χ0) is 14.5. The van der Waals surface area contributed by atoms with E-state index < -0.39 is 30.4 Å². The van der Waals surface area contributed by atoms with Gasteiger partial charge in [-0.15, -0.1) is 0 Å². The Bertz CT molecular complexity index is 368. The number of nitrogens with one attached hydrogen (secondary N) is 2. The Labute approximate surface area is 115 Å². The number of urea groups is 1. The Morgan fingerprint density at radius 3 is 2.53 bits per heavy atom. The largest absolute Gasteiger partial charge is 0.481 e. The molecule has 1 aliphatic rings. The van der Waals surface area contributed by atoms with E-state index in [0.29, 0.717) is 6.54 Å². The van der Waals surface area contributed by atoms with Crippen molar-refractivity contribution < 1.29 is 24.6 Å². The van der Waals surface area contributed by atoms with Gasteiger partial charge in [-0.3, -0.25) is 4.79 Å². The third kappa shape index (κ3) is 5.37. The van der Waals surface area contributed by atoms with Crippen LogP contribution in [-0.4, -0.2) is 51.3 Å². The van der Waals surface area contributed by atoms with Gasteiger partial charge in [-0.1, -0.05) is 0 Å². The van der Waals surface area contributed by atoms with E-state index in [9.17, 15) is 14.4 Å². The van der Waals surface area contributed by atoms with Gasteiger partial charge in [0.15, 0.2) is 0 Å². The number of carbonyl (C=O) groups excluding carboxylic acids is 1. The number of carbonyl (C=O) groups is 3. The maximum absolute atomic E-state index is 11.6. The van der Waals surface area contributed by atoms with Gasteiger partial charge in [0.2, 0.25) is 0 Å². The maximum atomic E-state index is 11.6. The Morgan fingerprint density at radius 1 is 1.37 bits per heavy atom. The molecule has 4 N–H and O–H groups in total. The van der Waals surface area contributed by atoms with Crippen LogP contribution in [0.15, 0.2) is 0 Å². The summed E-state index contributed by atoms with van der Waals surface area (Å²) in [5.41, 5.74) is 0. The predicted octanol–water partition coefficient (Wildman–Crippen LogP) is 0.499. The Morgan fingerprint density at radius 2 is 2.05 bits per heavy atom. The first-order valence-corrected chi connectivity index (χ1v) is 6.94. The van der Waals surface area contributed by atoms with Gasteiger partial charge < -0.3 is 20.8 Å². The second-order valence-electron chi connectivity index (χ2n) is 4.72. The summed E-state index contributed by atoms with van der Waals surface area (Å²) in [6.07, 6.45) is 1.45. The predicted molar refractivity (Wildman–Crippen MR) is 70.3 cm³/mol. The van der Waals surface area contributed by atoms with Crippen LogP contribution in [0.1, 0.15) is 26.2 Å². The molecule has 0 aliphatic carbocycles. The van der Waals surface area contributed by atoms with Crippen LogP contribution in [0.3, 0.4) is 0 Å². The van der Waals surface area contributed by atoms with Crippen LogP contribution in [0.4, 0.5) is 4.79 Å². The van der Waals surface area contributed by atoms with Crippen molar-refractivity contribution in [2.75, 3.05) is 12.3 Å². The molecule has 1 saturated heterocycles. The zero-order valence-electron chi connectivity index (χ0n) is 10.6. The highest BCUT2D eigenvalue weighted by Gasteiger charge is 2.30. The van der Waals surface area contributed by atoms with Crippen molar-refractivity contribution >= 4 is 29.7 Å². The van der Waals surface area contributed by atoms with Crippen LogP contribution in [-0.2, 0) is 9.59 Å². The summed E-state index contributed by atoms with van der Waals surface area (Å²) in [6, 6.07) is -2.07. The van der Waals surface area contributed by atoms with Gasteiger partial charge in [-0.05, 0) is 25.5 Å². The molecule has 7 nitrogen and oxygen atoms in total. The number of carboxylic acids is 2. The molecular formula is C11H18N2O5S. The Balaban J connectivity index is 2.40. The summed E-state index contributed by atoms with van der Waals surface area (Å²) in [5.74, 6) is -1.58. The van der Waals surface area contributed by atoms with E-state index >= 15 is 0 Å². The first kappa shape index (κ1) is 15.6. The lowest BCUT2D eigenvalue weighted by molar-refractivity contribution is -0.145. The average Bonchev–Trinajstić information content (AvgIpc) is 2.73. The lowest BCUT2D eigenvalue weighted by atomic mass is 10.1. The van der Waals surface area contributed by atoms with Crippen molar-refractivity contribution in [1.82, 2.24) is 10.6 Å². The van der Waals surface area contributed by atoms with Gasteiger partial charge in [0.1, 0.15) is 6.04 Å². The van der Waals surface area contributed by atoms with E-state index in [1.807, 2.05) is 6.92 Å². The molecule has 0 saturated carbocycles. The molecule has 0 spiro atoms. The first-order chi connectivity index (χ1) is 8.82. The van der Waals surface area contributed by atoms with Crippen LogP contribution < -0.4 is 10.6 Å². The van der Waals surface area contributed by atoms with E-state index in [4.69, 9.17) is 10.2 Å². The van der Waals surface area contributed by atoms with Crippen LogP contribution in [0, 0.1) is 0 Å². The molecule has 1 heterocycles. The summed E-state index contributed by atoms with van der Waals surface area (Å²) in [5, 5.41) is 22.1. The molecule has 19 heavy (non-hydrogen) atoms. The van der Waals surface area contributed by atoms with E-state index in [1.54, 1.807) is 11.8 Å². The van der Waals surface area contributed by atoms with Crippen LogP contribution in [0.2, 0.25) is 0 Å². The van der Waals surface area contributed by atoms with Gasteiger partial charge in [0, 0.05) is 11.3 Å². The molecule has 0 bridgehead atoms. The minimum atomic E-state index is -1.42. The second kappa shape index (κ2) is 6.65. The van der Waals surface area contributed by atoms with Crippen molar-refractivity contribution in [3.8, 4) is 0 Å². The molecule has 0 aromatic carbocycles. The van der Waals surface area contributed by atoms with Crippen molar-refractivity contribution in [3.63, 3.8) is 0 Å². The highest BCUT2D eigenvalue weighted by Crippen LogP contribution is 2.36. The smallest absolute Gasteiger partial charge is 0.326 e. The molecular weight excluding hydrogens is 272 g/mol. The maximum Gasteiger partial charge on any atom is 0.326 e. The number of hydrogen-bond acceptors (Lipinski definition) is 4. The fraction of sp³-hybridized carbons (Fsp3) is 0.727. The molecule has 2 atom stereocenters. The first-order valence-electron chi connectivity index (χ1n) is 5.95. The van der Waals surface area contributed by atoms with Gasteiger partial charge >= 0.3 is 18.0 Å². The number of amides is 2. The fourth-order valence-corrected chi connectivity index (χ4v) is 3.07. The summed E-state index contributed by atoms with van der Waals surface area (Å²) in [4.78, 5) is 32.8. The summed E-state index contributed by atoms with van der Waals surface area (Å²) in [6.45, 7) is 2.47. The Hall–Kier alpha value is -1.44. The molecule has 8 heteroatoms. The van der Waals surface area contributed by atoms with Gasteiger partial charge in [-0.25, -0.2) is 9.59 Å². The SMILES string of the molecule is CC1(CNC(=O)N[C@H](CC(=O)O)C(=O)O)CCCS1. The lowest BCUT2D eigenvalue weighted by Gasteiger charge is -2.23. The van der Waals surface area contributed by atoms with Crippen molar-refractivity contribution in [2.24, 2.45) is 0 Å². The molecule has 108 valence electrons. The molecule has 2 amide bonds. The van der Waals surface area contributed by atoms with Gasteiger partial charge in [-0.2, -0.15) is 11.8 Å². The van der Waals surface area contributed by atoms with Crippen molar-refractivity contribution in [3.05, 3.63) is 0 Å². The molecule has 0 aromatic rings. The van der Waals surface area contributed by atoms with Crippen LogP contribution in [0.5, 0.6) is 0 Å². The molecule has 0 radical (unpaired) electrons. The molecule has 1 rings (SSSR count). The number of aliphatic carboxylic acids is 2. The third-order valence-corrected chi connectivity index (χ3v) is 4.44. The molecule has 1 unspecified atom stereocenters. The highest BCUT2D eigenvalue weighted by atomic mass is 32.2. The normalized spacial score (nSPS) is 23.6. The number of thioether (sulfide) groups is 1. The number of rotatable bonds is 6. The van der Waals surface area contributed by atoms with Crippen molar-refractivity contribution in [1.29, 1.82) is 0 Å². The zero-order valence-corrected chi connectivity index (χ0v) is 11.5. The monoisotopic (exact) mass is 290 g/mol. The quantitative estimate of drug-likeness (QED) is 0.566. The highest BCUT2D eigenvalue weighted by molar-refractivity contribution is 8.00. The standard InChI is InChI=1S/C11H18N2O5S/c1-11(3-2-4-19-11)6-12-10(18)13-7(9(16)17)5-8(14)15/h7H,2-6H2,1H3,(H,14,15)(H,16,17)(H2,12,13,18)/t7-,11?/m1/s1. The van der Waals surface area contributed by atoms with Crippen LogP contribution in [0.25, 0.3) is 0 Å². The van der Waals surface area contributed by atoms with Crippen molar-refractivity contribution in [2.45, 2.75) is 37.0 Å². The van der Waals surface area contributed by atoms with E-state index in [2.05, 4.69) is 10.6 Å². The third-order valence-electron chi connectivity index (χ3n) is 2.91. The average molecular weight is 290 g/mol. The Kier molecular flexibility index (Phi) is 5.46. The lowest BCUT2D eigenvalue weighted by Crippen LogP contribution is -2.49. The number of hydrogen-bond donors (Lipinski definition) is 4. The minimum absolute atomic E-state index is 0.0249. The van der Waals surface area contributed by atoms with Gasteiger partial charge in [0.25, 0.3) is 0 Å². The van der Waals surface area contributed by atoms with E-state index in [-0.39, 0.29) is 4.75 Å². The summed E-state index contributed by atoms with van der Waals surface area (Å²) < 4.78 is -0.0249. The fourth-order valence-electron chi connectivity index (χ4n) is 1.83. The summed E-state index contributed by atoms with van der Waals surface area (Å²) in [7, 11) is 0. The molecule has 1 aliphatic heterocycles. The van der Waals surface area contributed by atoms with E-state index in [1.165, 1.54) is 0 Å². The molecule has 1 fully saturated rings. The second-order valence-corrected chi connectivity index (χ2v) is 6.40. The van der Waals surface area contributed by atoms with Gasteiger partial charge in [0.05, 0.1) is 6.42 Å². The number of carboxylic acid groups (broad SMARTS) is 2. The topological polar surface area (TPSA) is 116 Å². The summed E-state index contributed by atoms with van der Waals surface area (Å²) >= 11 is 1.77. The molecule has 0 aromatic heterocycles.